The first-order valence-electron chi connectivity index (χ1n) is 10.2. The second-order valence-electron chi connectivity index (χ2n) is 7.56. The van der Waals surface area contributed by atoms with Crippen LogP contribution in [0, 0.1) is 5.82 Å². The predicted molar refractivity (Wildman–Crippen MR) is 120 cm³/mol. The van der Waals surface area contributed by atoms with Gasteiger partial charge < -0.3 is 25.6 Å². The quantitative estimate of drug-likeness (QED) is 0.538. The van der Waals surface area contributed by atoms with Crippen LogP contribution >= 0.6 is 22.9 Å². The Morgan fingerprint density at radius 3 is 2.75 bits per heavy atom. The second-order valence-corrected chi connectivity index (χ2v) is 9.27. The maximum absolute atomic E-state index is 14.7. The summed E-state index contributed by atoms with van der Waals surface area (Å²) in [5, 5.41) is 8.47. The molecule has 2 fully saturated rings. The number of nitrogens with zero attached hydrogens (tertiary/aromatic N) is 1. The summed E-state index contributed by atoms with van der Waals surface area (Å²) in [5.74, 6) is -1.69. The van der Waals surface area contributed by atoms with E-state index in [2.05, 4.69) is 16.0 Å². The first kappa shape index (κ1) is 22.7. The van der Waals surface area contributed by atoms with Gasteiger partial charge in [0.05, 0.1) is 21.5 Å². The lowest BCUT2D eigenvalue weighted by Gasteiger charge is -2.27. The molecule has 1 atom stereocenters. The molecular formula is C21H22ClFN4O4S. The van der Waals surface area contributed by atoms with Crippen molar-refractivity contribution in [3.8, 4) is 0 Å². The predicted octanol–water partition coefficient (Wildman–Crippen LogP) is 2.39. The van der Waals surface area contributed by atoms with Crippen LogP contribution in [0.4, 0.5) is 15.8 Å². The highest BCUT2D eigenvalue weighted by Gasteiger charge is 2.29. The average Bonchev–Trinajstić information content (AvgIpc) is 3.49. The van der Waals surface area contributed by atoms with Crippen molar-refractivity contribution in [2.75, 3.05) is 36.5 Å². The fraction of sp³-hybridized carbons (Fsp3) is 0.381. The van der Waals surface area contributed by atoms with Crippen LogP contribution in [0.3, 0.4) is 0 Å². The maximum atomic E-state index is 14.7. The molecule has 1 aliphatic carbocycles. The van der Waals surface area contributed by atoms with E-state index in [9.17, 15) is 18.8 Å². The number of carbonyl (C=O) groups is 3. The number of anilines is 2. The van der Waals surface area contributed by atoms with E-state index in [1.807, 2.05) is 0 Å². The summed E-state index contributed by atoms with van der Waals surface area (Å²) < 4.78 is 20.3. The lowest BCUT2D eigenvalue weighted by molar-refractivity contribution is -0.125. The van der Waals surface area contributed by atoms with Gasteiger partial charge in [0.25, 0.3) is 11.8 Å². The number of ether oxygens (including phenoxy) is 1. The largest absolute Gasteiger partial charge is 0.370 e. The van der Waals surface area contributed by atoms with E-state index in [-0.39, 0.29) is 36.7 Å². The zero-order valence-corrected chi connectivity index (χ0v) is 18.6. The van der Waals surface area contributed by atoms with Crippen LogP contribution in [0.1, 0.15) is 22.5 Å². The fourth-order valence-corrected chi connectivity index (χ4v) is 4.22. The Morgan fingerprint density at radius 1 is 1.28 bits per heavy atom. The number of hydrogen-bond donors (Lipinski definition) is 3. The summed E-state index contributed by atoms with van der Waals surface area (Å²) in [6, 6.07) is 6.91. The molecule has 4 rings (SSSR count). The Bertz CT molecular complexity index is 1030. The minimum Gasteiger partial charge on any atom is -0.370 e. The number of amides is 3. The smallest absolute Gasteiger partial charge is 0.261 e. The number of benzene rings is 1. The zero-order valence-electron chi connectivity index (χ0n) is 17.0. The molecule has 11 heteroatoms. The van der Waals surface area contributed by atoms with Gasteiger partial charge in [-0.2, -0.15) is 0 Å². The first-order valence-corrected chi connectivity index (χ1v) is 11.4. The van der Waals surface area contributed by atoms with Crippen molar-refractivity contribution in [1.29, 1.82) is 0 Å². The lowest BCUT2D eigenvalue weighted by Crippen LogP contribution is -2.49. The highest BCUT2D eigenvalue weighted by atomic mass is 35.5. The van der Waals surface area contributed by atoms with Crippen LogP contribution in [0.2, 0.25) is 4.34 Å². The number of carbonyl (C=O) groups excluding carboxylic acids is 3. The van der Waals surface area contributed by atoms with Gasteiger partial charge in [-0.1, -0.05) is 11.6 Å². The van der Waals surface area contributed by atoms with E-state index in [0.717, 1.165) is 24.2 Å². The Balaban J connectivity index is 1.40. The van der Waals surface area contributed by atoms with Gasteiger partial charge in [-0.3, -0.25) is 14.4 Å². The summed E-state index contributed by atoms with van der Waals surface area (Å²) in [5.41, 5.74) is 0.404. The molecule has 1 aromatic heterocycles. The van der Waals surface area contributed by atoms with Crippen molar-refractivity contribution < 1.29 is 23.5 Å². The minimum absolute atomic E-state index is 0.00146. The molecule has 3 amide bonds. The molecule has 0 spiro atoms. The van der Waals surface area contributed by atoms with Crippen molar-refractivity contribution in [2.45, 2.75) is 24.9 Å². The number of morpholine rings is 1. The molecular weight excluding hydrogens is 459 g/mol. The molecule has 32 heavy (non-hydrogen) atoms. The SMILES string of the molecule is O=C(NC[C@@H](NC1CC1)C(=O)Nc1ccc(N2CCOCC2=O)cc1F)c1ccc(Cl)s1. The maximum Gasteiger partial charge on any atom is 0.261 e. The lowest BCUT2D eigenvalue weighted by atomic mass is 10.2. The van der Waals surface area contributed by atoms with Crippen molar-refractivity contribution in [3.63, 3.8) is 0 Å². The van der Waals surface area contributed by atoms with Gasteiger partial charge >= 0.3 is 0 Å². The van der Waals surface area contributed by atoms with Crippen LogP contribution < -0.4 is 20.9 Å². The highest BCUT2D eigenvalue weighted by molar-refractivity contribution is 7.18. The normalized spacial score (nSPS) is 17.2. The summed E-state index contributed by atoms with van der Waals surface area (Å²) in [7, 11) is 0. The van der Waals surface area contributed by atoms with E-state index in [1.54, 1.807) is 18.2 Å². The van der Waals surface area contributed by atoms with E-state index in [1.165, 1.54) is 17.0 Å². The Labute approximate surface area is 193 Å². The number of thiophene rings is 1. The first-order chi connectivity index (χ1) is 15.4. The molecule has 2 heterocycles. The van der Waals surface area contributed by atoms with Crippen molar-refractivity contribution in [3.05, 3.63) is 45.4 Å². The topological polar surface area (TPSA) is 99.8 Å². The van der Waals surface area contributed by atoms with Gasteiger partial charge in [-0.15, -0.1) is 11.3 Å². The van der Waals surface area contributed by atoms with Gasteiger partial charge in [0.2, 0.25) is 5.91 Å². The van der Waals surface area contributed by atoms with E-state index >= 15 is 0 Å². The van der Waals surface area contributed by atoms with E-state index < -0.39 is 17.8 Å². The van der Waals surface area contributed by atoms with Gasteiger partial charge in [0.15, 0.2) is 0 Å². The van der Waals surface area contributed by atoms with Crippen LogP contribution in [-0.2, 0) is 14.3 Å². The van der Waals surface area contributed by atoms with Crippen molar-refractivity contribution in [2.24, 2.45) is 0 Å². The summed E-state index contributed by atoms with van der Waals surface area (Å²) >= 11 is 7.01. The molecule has 0 unspecified atom stereocenters. The van der Waals surface area contributed by atoms with Gasteiger partial charge in [0, 0.05) is 24.8 Å². The molecule has 2 aromatic rings. The third-order valence-corrected chi connectivity index (χ3v) is 6.33. The number of rotatable bonds is 8. The monoisotopic (exact) mass is 480 g/mol. The number of hydrogen-bond acceptors (Lipinski definition) is 6. The zero-order chi connectivity index (χ0) is 22.7. The summed E-state index contributed by atoms with van der Waals surface area (Å²) in [4.78, 5) is 39.0. The van der Waals surface area contributed by atoms with Gasteiger partial charge in [-0.25, -0.2) is 4.39 Å². The molecule has 8 nitrogen and oxygen atoms in total. The Morgan fingerprint density at radius 2 is 2.09 bits per heavy atom. The second kappa shape index (κ2) is 9.95. The average molecular weight is 481 g/mol. The molecule has 1 saturated heterocycles. The van der Waals surface area contributed by atoms with Crippen molar-refractivity contribution in [1.82, 2.24) is 10.6 Å². The van der Waals surface area contributed by atoms with Crippen LogP contribution in [0.5, 0.6) is 0 Å². The standard InChI is InChI=1S/C21H22ClFN4O4S/c22-18-6-5-17(32-18)21(30)24-10-16(25-12-1-2-12)20(29)26-15-4-3-13(9-14(15)23)27-7-8-31-11-19(27)28/h3-6,9,12,16,25H,1-2,7-8,10-11H2,(H,24,30)(H,26,29)/t16-/m1/s1. The molecule has 0 bridgehead atoms. The van der Waals surface area contributed by atoms with Crippen LogP contribution in [0.25, 0.3) is 0 Å². The minimum atomic E-state index is -0.734. The molecule has 0 radical (unpaired) electrons. The number of halogens is 2. The number of nitrogens with one attached hydrogen (secondary N) is 3. The molecule has 1 aromatic carbocycles. The molecule has 170 valence electrons. The molecule has 3 N–H and O–H groups in total. The third-order valence-electron chi connectivity index (χ3n) is 5.10. The van der Waals surface area contributed by atoms with E-state index in [0.29, 0.717) is 28.1 Å². The molecule has 1 saturated carbocycles. The summed E-state index contributed by atoms with van der Waals surface area (Å²) in [6.07, 6.45) is 1.88. The summed E-state index contributed by atoms with van der Waals surface area (Å²) in [6.45, 7) is 0.715. The Hall–Kier alpha value is -2.53. The third kappa shape index (κ3) is 5.63. The van der Waals surface area contributed by atoms with Crippen LogP contribution in [0.15, 0.2) is 30.3 Å². The van der Waals surface area contributed by atoms with E-state index in [4.69, 9.17) is 16.3 Å². The van der Waals surface area contributed by atoms with Crippen LogP contribution in [-0.4, -0.2) is 56.1 Å². The van der Waals surface area contributed by atoms with Crippen molar-refractivity contribution >= 4 is 52.0 Å². The van der Waals surface area contributed by atoms with Gasteiger partial charge in [0.1, 0.15) is 18.5 Å². The fourth-order valence-electron chi connectivity index (χ4n) is 3.26. The molecule has 2 aliphatic rings. The molecule has 1 aliphatic heterocycles. The highest BCUT2D eigenvalue weighted by Crippen LogP contribution is 2.24. The van der Waals surface area contributed by atoms with Gasteiger partial charge in [-0.05, 0) is 43.2 Å². The Kier molecular flexibility index (Phi) is 7.04.